The van der Waals surface area contributed by atoms with E-state index in [1.807, 2.05) is 0 Å². The highest BCUT2D eigenvalue weighted by Gasteiger charge is 2.39. The van der Waals surface area contributed by atoms with Crippen molar-refractivity contribution in [2.75, 3.05) is 19.6 Å². The summed E-state index contributed by atoms with van der Waals surface area (Å²) < 4.78 is 53.7. The number of aromatic nitrogens is 2. The van der Waals surface area contributed by atoms with Crippen molar-refractivity contribution in [3.63, 3.8) is 0 Å². The zero-order valence-electron chi connectivity index (χ0n) is 15.5. The Labute approximate surface area is 171 Å². The molecular formula is C19H21ClF4N4O. The molecule has 0 bridgehead atoms. The number of H-pyrrole nitrogens is 1. The first kappa shape index (κ1) is 21.6. The number of carbonyl (C=O) groups excluding carboxylic acids is 1. The zero-order chi connectivity index (χ0) is 19.9. The van der Waals surface area contributed by atoms with Crippen molar-refractivity contribution < 1.29 is 22.4 Å². The quantitative estimate of drug-likeness (QED) is 0.712. The molecule has 1 amide bonds. The number of benzene rings is 1. The second-order valence-electron chi connectivity index (χ2n) is 7.22. The van der Waals surface area contributed by atoms with Crippen molar-refractivity contribution >= 4 is 18.3 Å². The molecule has 2 aromatic rings. The molecule has 2 aliphatic rings. The highest BCUT2D eigenvalue weighted by molar-refractivity contribution is 5.94. The van der Waals surface area contributed by atoms with Crippen LogP contribution in [0.5, 0.6) is 0 Å². The van der Waals surface area contributed by atoms with Gasteiger partial charge in [-0.25, -0.2) is 4.39 Å². The molecular weight excluding hydrogens is 412 g/mol. The Kier molecular flexibility index (Phi) is 6.19. The molecule has 3 heterocycles. The summed E-state index contributed by atoms with van der Waals surface area (Å²) in [6.07, 6.45) is -3.27. The van der Waals surface area contributed by atoms with Gasteiger partial charge in [0.1, 0.15) is 5.82 Å². The lowest BCUT2D eigenvalue weighted by Crippen LogP contribution is -2.39. The molecule has 1 fully saturated rings. The van der Waals surface area contributed by atoms with Crippen LogP contribution < -0.4 is 5.32 Å². The lowest BCUT2D eigenvalue weighted by molar-refractivity contribution is -0.140. The van der Waals surface area contributed by atoms with Gasteiger partial charge in [0.25, 0.3) is 5.91 Å². The highest BCUT2D eigenvalue weighted by atomic mass is 35.5. The monoisotopic (exact) mass is 432 g/mol. The van der Waals surface area contributed by atoms with E-state index in [4.69, 9.17) is 0 Å². The number of hydrogen-bond acceptors (Lipinski definition) is 3. The zero-order valence-corrected chi connectivity index (χ0v) is 16.3. The van der Waals surface area contributed by atoms with Crippen LogP contribution in [0.4, 0.5) is 17.6 Å². The van der Waals surface area contributed by atoms with Gasteiger partial charge in [0, 0.05) is 43.9 Å². The summed E-state index contributed by atoms with van der Waals surface area (Å²) in [6, 6.07) is 3.48. The first-order chi connectivity index (χ1) is 13.4. The van der Waals surface area contributed by atoms with E-state index in [-0.39, 0.29) is 23.9 Å². The van der Waals surface area contributed by atoms with Crippen LogP contribution in [0, 0.1) is 5.82 Å². The van der Waals surface area contributed by atoms with Gasteiger partial charge >= 0.3 is 6.18 Å². The van der Waals surface area contributed by atoms with Gasteiger partial charge in [-0.3, -0.25) is 9.89 Å². The minimum atomic E-state index is -4.74. The van der Waals surface area contributed by atoms with Crippen molar-refractivity contribution in [3.8, 4) is 0 Å². The Morgan fingerprint density at radius 3 is 2.62 bits per heavy atom. The molecule has 10 heteroatoms. The molecule has 0 atom stereocenters. The Morgan fingerprint density at radius 2 is 1.93 bits per heavy atom. The highest BCUT2D eigenvalue weighted by Crippen LogP contribution is 2.40. The number of aromatic amines is 1. The van der Waals surface area contributed by atoms with E-state index in [1.54, 1.807) is 4.90 Å². The predicted molar refractivity (Wildman–Crippen MR) is 101 cm³/mol. The van der Waals surface area contributed by atoms with E-state index in [0.29, 0.717) is 38.2 Å². The van der Waals surface area contributed by atoms with Gasteiger partial charge in [-0.1, -0.05) is 12.1 Å². The number of carbonyl (C=O) groups is 1. The number of amides is 1. The Balaban J connectivity index is 0.00000240. The van der Waals surface area contributed by atoms with E-state index in [2.05, 4.69) is 15.5 Å². The third-order valence-electron chi connectivity index (χ3n) is 5.56. The SMILES string of the molecule is Cl.O=C(c1n[nH]c2c1CNCC2)N1CCC(c2cccc(F)c2C(F)(F)F)CC1. The van der Waals surface area contributed by atoms with E-state index < -0.39 is 23.5 Å². The topological polar surface area (TPSA) is 61.0 Å². The van der Waals surface area contributed by atoms with Crippen LogP contribution in [0.1, 0.15) is 51.6 Å². The van der Waals surface area contributed by atoms with Gasteiger partial charge in [0.2, 0.25) is 0 Å². The maximum absolute atomic E-state index is 13.8. The number of hydrogen-bond donors (Lipinski definition) is 2. The molecule has 29 heavy (non-hydrogen) atoms. The molecule has 158 valence electrons. The van der Waals surface area contributed by atoms with Crippen molar-refractivity contribution in [2.45, 2.75) is 37.9 Å². The van der Waals surface area contributed by atoms with Crippen LogP contribution in [-0.4, -0.2) is 40.6 Å². The number of nitrogens with one attached hydrogen (secondary N) is 2. The molecule has 0 saturated carbocycles. The average molecular weight is 433 g/mol. The summed E-state index contributed by atoms with van der Waals surface area (Å²) >= 11 is 0. The smallest absolute Gasteiger partial charge is 0.337 e. The molecule has 1 saturated heterocycles. The maximum Gasteiger partial charge on any atom is 0.419 e. The van der Waals surface area contributed by atoms with E-state index >= 15 is 0 Å². The molecule has 2 aliphatic heterocycles. The Morgan fingerprint density at radius 1 is 1.21 bits per heavy atom. The molecule has 0 aliphatic carbocycles. The fraction of sp³-hybridized carbons (Fsp3) is 0.474. The fourth-order valence-corrected chi connectivity index (χ4v) is 4.13. The Bertz CT molecular complexity index is 891. The summed E-state index contributed by atoms with van der Waals surface area (Å²) in [4.78, 5) is 14.5. The minimum Gasteiger partial charge on any atom is -0.337 e. The fourth-order valence-electron chi connectivity index (χ4n) is 4.13. The molecule has 4 rings (SSSR count). The number of alkyl halides is 3. The number of piperidine rings is 1. The number of halogens is 5. The van der Waals surface area contributed by atoms with Crippen molar-refractivity contribution in [3.05, 3.63) is 52.1 Å². The Hall–Kier alpha value is -2.13. The molecule has 5 nitrogen and oxygen atoms in total. The van der Waals surface area contributed by atoms with Gasteiger partial charge in [0.15, 0.2) is 5.69 Å². The first-order valence-corrected chi connectivity index (χ1v) is 9.28. The van der Waals surface area contributed by atoms with E-state index in [1.165, 1.54) is 12.1 Å². The average Bonchev–Trinajstić information content (AvgIpc) is 3.10. The van der Waals surface area contributed by atoms with Crippen LogP contribution in [0.3, 0.4) is 0 Å². The molecule has 2 N–H and O–H groups in total. The number of rotatable bonds is 2. The molecule has 0 unspecified atom stereocenters. The normalized spacial score (nSPS) is 17.6. The third kappa shape index (κ3) is 4.11. The minimum absolute atomic E-state index is 0. The largest absolute Gasteiger partial charge is 0.419 e. The molecule has 0 spiro atoms. The standard InChI is InChI=1S/C19H20F4N4O.ClH/c20-14-3-1-2-12(16(14)19(21,22)23)11-5-8-27(9-6-11)18(28)17-13-10-24-7-4-15(13)25-26-17;/h1-3,11,24H,4-10H2,(H,25,26);1H. The second-order valence-corrected chi connectivity index (χ2v) is 7.22. The van der Waals surface area contributed by atoms with Crippen molar-refractivity contribution in [1.29, 1.82) is 0 Å². The van der Waals surface area contributed by atoms with Gasteiger partial charge in [-0.05, 0) is 30.4 Å². The molecule has 0 radical (unpaired) electrons. The third-order valence-corrected chi connectivity index (χ3v) is 5.56. The van der Waals surface area contributed by atoms with E-state index in [0.717, 1.165) is 30.3 Å². The summed E-state index contributed by atoms with van der Waals surface area (Å²) in [5, 5.41) is 10.3. The maximum atomic E-state index is 13.8. The summed E-state index contributed by atoms with van der Waals surface area (Å²) in [5.41, 5.74) is 0.977. The van der Waals surface area contributed by atoms with Crippen LogP contribution in [0.2, 0.25) is 0 Å². The first-order valence-electron chi connectivity index (χ1n) is 9.28. The van der Waals surface area contributed by atoms with Crippen LogP contribution >= 0.6 is 12.4 Å². The number of nitrogens with zero attached hydrogens (tertiary/aromatic N) is 2. The lowest BCUT2D eigenvalue weighted by Gasteiger charge is -2.33. The van der Waals surface area contributed by atoms with Gasteiger partial charge in [-0.15, -0.1) is 12.4 Å². The van der Waals surface area contributed by atoms with Crippen molar-refractivity contribution in [1.82, 2.24) is 20.4 Å². The summed E-state index contributed by atoms with van der Waals surface area (Å²) in [6.45, 7) is 2.02. The number of likely N-dealkylation sites (tertiary alicyclic amines) is 1. The summed E-state index contributed by atoms with van der Waals surface area (Å²) in [5.74, 6) is -1.90. The molecule has 1 aromatic heterocycles. The summed E-state index contributed by atoms with van der Waals surface area (Å²) in [7, 11) is 0. The molecule has 1 aromatic carbocycles. The van der Waals surface area contributed by atoms with Gasteiger partial charge in [-0.2, -0.15) is 18.3 Å². The predicted octanol–water partition coefficient (Wildman–Crippen LogP) is 3.65. The lowest BCUT2D eigenvalue weighted by atomic mass is 9.86. The van der Waals surface area contributed by atoms with Crippen LogP contribution in [0.25, 0.3) is 0 Å². The van der Waals surface area contributed by atoms with Crippen LogP contribution in [-0.2, 0) is 19.1 Å². The van der Waals surface area contributed by atoms with Crippen molar-refractivity contribution in [2.24, 2.45) is 0 Å². The van der Waals surface area contributed by atoms with Gasteiger partial charge < -0.3 is 10.2 Å². The van der Waals surface area contributed by atoms with Crippen LogP contribution in [0.15, 0.2) is 18.2 Å². The number of fused-ring (bicyclic) bond motifs is 1. The van der Waals surface area contributed by atoms with Gasteiger partial charge in [0.05, 0.1) is 5.56 Å². The van der Waals surface area contributed by atoms with E-state index in [9.17, 15) is 22.4 Å². The second kappa shape index (κ2) is 8.31.